The summed E-state index contributed by atoms with van der Waals surface area (Å²) >= 11 is 6.17. The highest BCUT2D eigenvalue weighted by molar-refractivity contribution is 6.31. The van der Waals surface area contributed by atoms with E-state index in [9.17, 15) is 0 Å². The molecule has 0 bridgehead atoms. The summed E-state index contributed by atoms with van der Waals surface area (Å²) in [6, 6.07) is 5.99. The van der Waals surface area contributed by atoms with Crippen LogP contribution in [0, 0.1) is 6.92 Å². The maximum atomic E-state index is 6.17. The van der Waals surface area contributed by atoms with E-state index >= 15 is 0 Å². The molecule has 0 saturated heterocycles. The van der Waals surface area contributed by atoms with E-state index in [4.69, 9.17) is 16.3 Å². The van der Waals surface area contributed by atoms with Crippen molar-refractivity contribution in [3.8, 4) is 5.69 Å². The van der Waals surface area contributed by atoms with Crippen molar-refractivity contribution in [3.63, 3.8) is 0 Å². The van der Waals surface area contributed by atoms with Crippen molar-refractivity contribution >= 4 is 17.5 Å². The Morgan fingerprint density at radius 3 is 3.00 bits per heavy atom. The third-order valence-corrected chi connectivity index (χ3v) is 3.43. The number of anilines is 1. The second kappa shape index (κ2) is 7.31. The highest BCUT2D eigenvalue weighted by atomic mass is 35.5. The number of hydrogen-bond acceptors (Lipinski definition) is 3. The Hall–Kier alpha value is -1.52. The summed E-state index contributed by atoms with van der Waals surface area (Å²) in [4.78, 5) is 4.33. The van der Waals surface area contributed by atoms with Gasteiger partial charge < -0.3 is 10.1 Å². The fourth-order valence-electron chi connectivity index (χ4n) is 1.89. The molecule has 2 rings (SSSR count). The summed E-state index contributed by atoms with van der Waals surface area (Å²) in [5.41, 5.74) is 2.08. The predicted octanol–water partition coefficient (Wildman–Crippen LogP) is 3.67. The maximum Gasteiger partial charge on any atom is 0.207 e. The molecule has 0 fully saturated rings. The Morgan fingerprint density at radius 1 is 1.40 bits per heavy atom. The number of nitrogens with one attached hydrogen (secondary N) is 1. The lowest BCUT2D eigenvalue weighted by Gasteiger charge is -2.11. The summed E-state index contributed by atoms with van der Waals surface area (Å²) in [6.45, 7) is 6.35. The molecular weight excluding hydrogens is 274 g/mol. The average molecular weight is 294 g/mol. The van der Waals surface area contributed by atoms with E-state index < -0.39 is 0 Å². The molecule has 1 aromatic heterocycles. The minimum atomic E-state index is 0.760. The van der Waals surface area contributed by atoms with Gasteiger partial charge in [0.2, 0.25) is 5.95 Å². The van der Waals surface area contributed by atoms with E-state index in [2.05, 4.69) is 10.3 Å². The number of aromatic nitrogens is 2. The zero-order chi connectivity index (χ0) is 14.4. The number of ether oxygens (including phenoxy) is 1. The summed E-state index contributed by atoms with van der Waals surface area (Å²) in [6.07, 6.45) is 4.65. The van der Waals surface area contributed by atoms with Crippen LogP contribution in [0.4, 0.5) is 5.95 Å². The third kappa shape index (κ3) is 3.74. The summed E-state index contributed by atoms with van der Waals surface area (Å²) in [5.74, 6) is 0.821. The molecule has 0 aliphatic heterocycles. The lowest BCUT2D eigenvalue weighted by Crippen LogP contribution is -2.10. The van der Waals surface area contributed by atoms with Crippen molar-refractivity contribution in [1.82, 2.24) is 9.55 Å². The van der Waals surface area contributed by atoms with Gasteiger partial charge in [0.15, 0.2) is 0 Å². The number of rotatable bonds is 7. The summed E-state index contributed by atoms with van der Waals surface area (Å²) < 4.78 is 7.30. The second-order valence-corrected chi connectivity index (χ2v) is 4.94. The van der Waals surface area contributed by atoms with Gasteiger partial charge in [0.05, 0.1) is 0 Å². The third-order valence-electron chi connectivity index (χ3n) is 3.03. The van der Waals surface area contributed by atoms with Gasteiger partial charge >= 0.3 is 0 Å². The first-order chi connectivity index (χ1) is 9.72. The van der Waals surface area contributed by atoms with E-state index in [1.54, 1.807) is 6.20 Å². The molecule has 0 unspecified atom stereocenters. The largest absolute Gasteiger partial charge is 0.382 e. The average Bonchev–Trinajstić information content (AvgIpc) is 2.90. The highest BCUT2D eigenvalue weighted by Gasteiger charge is 2.05. The zero-order valence-corrected chi connectivity index (χ0v) is 12.7. The molecule has 1 N–H and O–H groups in total. The van der Waals surface area contributed by atoms with Gasteiger partial charge in [0.1, 0.15) is 0 Å². The van der Waals surface area contributed by atoms with Gasteiger partial charge in [-0.15, -0.1) is 0 Å². The van der Waals surface area contributed by atoms with Crippen molar-refractivity contribution in [1.29, 1.82) is 0 Å². The van der Waals surface area contributed by atoms with Gasteiger partial charge in [-0.05, 0) is 38.0 Å². The second-order valence-electron chi connectivity index (χ2n) is 4.53. The fraction of sp³-hybridized carbons (Fsp3) is 0.400. The molecule has 108 valence electrons. The molecule has 2 aromatic rings. The van der Waals surface area contributed by atoms with Crippen molar-refractivity contribution in [3.05, 3.63) is 41.2 Å². The molecule has 1 aromatic carbocycles. The first-order valence-corrected chi connectivity index (χ1v) is 7.21. The smallest absolute Gasteiger partial charge is 0.207 e. The van der Waals surface area contributed by atoms with Crippen LogP contribution in [0.15, 0.2) is 30.6 Å². The molecule has 5 heteroatoms. The summed E-state index contributed by atoms with van der Waals surface area (Å²) in [5, 5.41) is 4.08. The Labute approximate surface area is 124 Å². The van der Waals surface area contributed by atoms with E-state index in [1.165, 1.54) is 0 Å². The minimum absolute atomic E-state index is 0.760. The number of imidazole rings is 1. The number of benzene rings is 1. The number of hydrogen-bond donors (Lipinski definition) is 1. The molecule has 1 heterocycles. The van der Waals surface area contributed by atoms with Crippen LogP contribution in [0.25, 0.3) is 5.69 Å². The predicted molar refractivity (Wildman–Crippen MR) is 82.9 cm³/mol. The minimum Gasteiger partial charge on any atom is -0.382 e. The monoisotopic (exact) mass is 293 g/mol. The number of aryl methyl sites for hydroxylation is 1. The Kier molecular flexibility index (Phi) is 5.44. The van der Waals surface area contributed by atoms with Gasteiger partial charge in [-0.1, -0.05) is 17.7 Å². The van der Waals surface area contributed by atoms with Crippen molar-refractivity contribution < 1.29 is 4.74 Å². The van der Waals surface area contributed by atoms with E-state index in [0.29, 0.717) is 0 Å². The molecule has 0 radical (unpaired) electrons. The van der Waals surface area contributed by atoms with E-state index in [0.717, 1.165) is 48.4 Å². The SMILES string of the molecule is CCOCCCNc1nccn1-c1ccc(C)c(Cl)c1. The molecule has 0 aliphatic carbocycles. The van der Waals surface area contributed by atoms with Gasteiger partial charge in [-0.3, -0.25) is 4.57 Å². The first kappa shape index (κ1) is 14.9. The molecule has 0 saturated carbocycles. The Balaban J connectivity index is 2.02. The quantitative estimate of drug-likeness (QED) is 0.792. The van der Waals surface area contributed by atoms with Crippen molar-refractivity contribution in [2.75, 3.05) is 25.1 Å². The lowest BCUT2D eigenvalue weighted by molar-refractivity contribution is 0.147. The topological polar surface area (TPSA) is 39.1 Å². The van der Waals surface area contributed by atoms with Crippen LogP contribution in [0.5, 0.6) is 0 Å². The molecule has 0 spiro atoms. The highest BCUT2D eigenvalue weighted by Crippen LogP contribution is 2.21. The summed E-state index contributed by atoms with van der Waals surface area (Å²) in [7, 11) is 0. The van der Waals surface area contributed by atoms with Crippen molar-refractivity contribution in [2.45, 2.75) is 20.3 Å². The zero-order valence-electron chi connectivity index (χ0n) is 11.9. The molecule has 0 aliphatic rings. The Bertz CT molecular complexity index is 554. The van der Waals surface area contributed by atoms with Gasteiger partial charge in [-0.25, -0.2) is 4.98 Å². The van der Waals surface area contributed by atoms with Crippen LogP contribution in [0.1, 0.15) is 18.9 Å². The lowest BCUT2D eigenvalue weighted by atomic mass is 10.2. The molecular formula is C15H20ClN3O. The van der Waals surface area contributed by atoms with Crippen LogP contribution >= 0.6 is 11.6 Å². The fourth-order valence-corrected chi connectivity index (χ4v) is 2.07. The van der Waals surface area contributed by atoms with Crippen LogP contribution in [-0.4, -0.2) is 29.3 Å². The normalized spacial score (nSPS) is 10.8. The molecule has 0 atom stereocenters. The molecule has 0 amide bonds. The van der Waals surface area contributed by atoms with Crippen LogP contribution in [-0.2, 0) is 4.74 Å². The number of halogens is 1. The van der Waals surface area contributed by atoms with E-state index in [1.807, 2.05) is 42.8 Å². The van der Waals surface area contributed by atoms with Crippen LogP contribution in [0.2, 0.25) is 5.02 Å². The van der Waals surface area contributed by atoms with Gasteiger partial charge in [0.25, 0.3) is 0 Å². The van der Waals surface area contributed by atoms with Gasteiger partial charge in [0, 0.05) is 42.9 Å². The number of nitrogens with zero attached hydrogens (tertiary/aromatic N) is 2. The van der Waals surface area contributed by atoms with Crippen LogP contribution in [0.3, 0.4) is 0 Å². The first-order valence-electron chi connectivity index (χ1n) is 6.84. The molecule has 20 heavy (non-hydrogen) atoms. The van der Waals surface area contributed by atoms with E-state index in [-0.39, 0.29) is 0 Å². The van der Waals surface area contributed by atoms with Gasteiger partial charge in [-0.2, -0.15) is 0 Å². The maximum absolute atomic E-state index is 6.17. The van der Waals surface area contributed by atoms with Crippen molar-refractivity contribution in [2.24, 2.45) is 0 Å². The van der Waals surface area contributed by atoms with Crippen LogP contribution < -0.4 is 5.32 Å². The Morgan fingerprint density at radius 2 is 2.25 bits per heavy atom. The molecule has 4 nitrogen and oxygen atoms in total. The standard InChI is InChI=1S/C15H20ClN3O/c1-3-20-10-4-7-17-15-18-8-9-19(15)13-6-5-12(2)14(16)11-13/h5-6,8-9,11H,3-4,7,10H2,1-2H3,(H,17,18).